The maximum absolute atomic E-state index is 11.0. The first-order chi connectivity index (χ1) is 7.11. The van der Waals surface area contributed by atoms with Crippen LogP contribution in [0.3, 0.4) is 0 Å². The first-order valence-corrected chi connectivity index (χ1v) is 5.12. The molecule has 0 aliphatic rings. The number of hydrogen-bond donors (Lipinski definition) is 2. The normalized spacial score (nSPS) is 12.7. The van der Waals surface area contributed by atoms with Crippen molar-refractivity contribution in [2.24, 2.45) is 5.92 Å². The van der Waals surface area contributed by atoms with E-state index in [1.165, 1.54) is 0 Å². The molecule has 0 fully saturated rings. The van der Waals surface area contributed by atoms with E-state index >= 15 is 0 Å². The van der Waals surface area contributed by atoms with Crippen molar-refractivity contribution >= 4 is 5.97 Å². The number of carboxylic acids is 1. The zero-order valence-corrected chi connectivity index (χ0v) is 9.10. The molecule has 0 aromatic heterocycles. The molecule has 1 rings (SSSR count). The van der Waals surface area contributed by atoms with Crippen LogP contribution in [0, 0.1) is 5.92 Å². The van der Waals surface area contributed by atoms with Gasteiger partial charge in [-0.2, -0.15) is 0 Å². The first kappa shape index (κ1) is 11.7. The van der Waals surface area contributed by atoms with E-state index < -0.39 is 12.0 Å². The summed E-state index contributed by atoms with van der Waals surface area (Å²) in [5.41, 5.74) is 0.797. The van der Waals surface area contributed by atoms with Gasteiger partial charge >= 0.3 is 5.97 Å². The topological polar surface area (TPSA) is 49.3 Å². The van der Waals surface area contributed by atoms with Gasteiger partial charge in [-0.15, -0.1) is 0 Å². The maximum Gasteiger partial charge on any atom is 0.325 e. The molecule has 3 heteroatoms. The van der Waals surface area contributed by atoms with E-state index in [0.717, 1.165) is 5.56 Å². The average Bonchev–Trinajstić information content (AvgIpc) is 2.18. The predicted octanol–water partition coefficient (Wildman–Crippen LogP) is 2.06. The van der Waals surface area contributed by atoms with Crippen LogP contribution in [0.2, 0.25) is 0 Å². The van der Waals surface area contributed by atoms with Gasteiger partial charge in [-0.05, 0) is 18.0 Å². The second kappa shape index (κ2) is 5.51. The molecule has 0 saturated carbocycles. The van der Waals surface area contributed by atoms with Gasteiger partial charge in [-0.1, -0.05) is 44.2 Å². The number of carbonyl (C=O) groups is 1. The fourth-order valence-electron chi connectivity index (χ4n) is 1.35. The minimum absolute atomic E-state index is 0.440. The molecule has 82 valence electrons. The van der Waals surface area contributed by atoms with Crippen molar-refractivity contribution in [3.63, 3.8) is 0 Å². The molecule has 0 aliphatic heterocycles. The molecule has 0 heterocycles. The molecule has 0 bridgehead atoms. The third-order valence-corrected chi connectivity index (χ3v) is 2.11. The van der Waals surface area contributed by atoms with Crippen LogP contribution < -0.4 is 5.32 Å². The highest BCUT2D eigenvalue weighted by Crippen LogP contribution is 2.12. The molecule has 1 aromatic rings. The lowest BCUT2D eigenvalue weighted by Gasteiger charge is -2.16. The molecule has 0 aliphatic carbocycles. The molecule has 0 amide bonds. The van der Waals surface area contributed by atoms with Crippen LogP contribution in [0.25, 0.3) is 0 Å². The predicted molar refractivity (Wildman–Crippen MR) is 59.7 cm³/mol. The van der Waals surface area contributed by atoms with Gasteiger partial charge in [-0.25, -0.2) is 0 Å². The van der Waals surface area contributed by atoms with Crippen molar-refractivity contribution in [2.75, 3.05) is 6.54 Å². The molecule has 1 atom stereocenters. The Kier molecular flexibility index (Phi) is 4.31. The molecule has 0 radical (unpaired) electrons. The summed E-state index contributed by atoms with van der Waals surface area (Å²) in [6.45, 7) is 4.81. The van der Waals surface area contributed by atoms with Crippen LogP contribution in [-0.2, 0) is 4.79 Å². The van der Waals surface area contributed by atoms with Gasteiger partial charge in [0.25, 0.3) is 0 Å². The Morgan fingerprint density at radius 3 is 2.40 bits per heavy atom. The van der Waals surface area contributed by atoms with E-state index in [9.17, 15) is 4.79 Å². The van der Waals surface area contributed by atoms with Crippen LogP contribution in [0.4, 0.5) is 0 Å². The summed E-state index contributed by atoms with van der Waals surface area (Å²) < 4.78 is 0. The number of benzene rings is 1. The summed E-state index contributed by atoms with van der Waals surface area (Å²) in [7, 11) is 0. The van der Waals surface area contributed by atoms with Gasteiger partial charge in [0.1, 0.15) is 6.04 Å². The van der Waals surface area contributed by atoms with Crippen molar-refractivity contribution < 1.29 is 9.90 Å². The number of hydrogen-bond acceptors (Lipinski definition) is 2. The lowest BCUT2D eigenvalue weighted by atomic mass is 10.1. The molecule has 0 spiro atoms. The zero-order valence-electron chi connectivity index (χ0n) is 9.10. The van der Waals surface area contributed by atoms with E-state index in [0.29, 0.717) is 12.5 Å². The maximum atomic E-state index is 11.0. The Morgan fingerprint density at radius 2 is 1.93 bits per heavy atom. The molecular formula is C12H17NO2. The van der Waals surface area contributed by atoms with Crippen LogP contribution in [0.5, 0.6) is 0 Å². The number of carboxylic acid groups (broad SMARTS) is 1. The fourth-order valence-corrected chi connectivity index (χ4v) is 1.35. The van der Waals surface area contributed by atoms with Crippen molar-refractivity contribution in [1.82, 2.24) is 5.32 Å². The number of nitrogens with one attached hydrogen (secondary N) is 1. The van der Waals surface area contributed by atoms with Gasteiger partial charge < -0.3 is 10.4 Å². The monoisotopic (exact) mass is 207 g/mol. The molecule has 2 N–H and O–H groups in total. The molecule has 0 saturated heterocycles. The van der Waals surface area contributed by atoms with E-state index in [1.54, 1.807) is 0 Å². The largest absolute Gasteiger partial charge is 0.480 e. The second-order valence-corrected chi connectivity index (χ2v) is 3.98. The standard InChI is InChI=1S/C12H17NO2/c1-9(2)8-13-11(12(14)15)10-6-4-3-5-7-10/h3-7,9,11,13H,8H2,1-2H3,(H,14,15). The third kappa shape index (κ3) is 3.72. The lowest BCUT2D eigenvalue weighted by Crippen LogP contribution is -2.31. The highest BCUT2D eigenvalue weighted by Gasteiger charge is 2.18. The third-order valence-electron chi connectivity index (χ3n) is 2.11. The molecular weight excluding hydrogens is 190 g/mol. The van der Waals surface area contributed by atoms with Crippen LogP contribution in [-0.4, -0.2) is 17.6 Å². The Morgan fingerprint density at radius 1 is 1.33 bits per heavy atom. The molecule has 3 nitrogen and oxygen atoms in total. The second-order valence-electron chi connectivity index (χ2n) is 3.98. The highest BCUT2D eigenvalue weighted by molar-refractivity contribution is 5.75. The van der Waals surface area contributed by atoms with Gasteiger partial charge in [0.05, 0.1) is 0 Å². The SMILES string of the molecule is CC(C)CNC(C(=O)O)c1ccccc1. The zero-order chi connectivity index (χ0) is 11.3. The summed E-state index contributed by atoms with van der Waals surface area (Å²) in [5, 5.41) is 12.1. The highest BCUT2D eigenvalue weighted by atomic mass is 16.4. The summed E-state index contributed by atoms with van der Waals surface area (Å²) in [5.74, 6) is -0.391. The van der Waals surface area contributed by atoms with Gasteiger partial charge in [0.15, 0.2) is 0 Å². The van der Waals surface area contributed by atoms with Crippen LogP contribution >= 0.6 is 0 Å². The number of aliphatic carboxylic acids is 1. The molecule has 15 heavy (non-hydrogen) atoms. The smallest absolute Gasteiger partial charge is 0.325 e. The summed E-state index contributed by atoms with van der Waals surface area (Å²) in [6, 6.07) is 8.63. The fraction of sp³-hybridized carbons (Fsp3) is 0.417. The lowest BCUT2D eigenvalue weighted by molar-refractivity contribution is -0.139. The molecule has 1 unspecified atom stereocenters. The Hall–Kier alpha value is -1.35. The van der Waals surface area contributed by atoms with E-state index in [-0.39, 0.29) is 0 Å². The Bertz CT molecular complexity index is 309. The first-order valence-electron chi connectivity index (χ1n) is 5.12. The van der Waals surface area contributed by atoms with Gasteiger partial charge in [-0.3, -0.25) is 4.79 Å². The van der Waals surface area contributed by atoms with E-state index in [1.807, 2.05) is 30.3 Å². The van der Waals surface area contributed by atoms with Crippen molar-refractivity contribution in [2.45, 2.75) is 19.9 Å². The molecule has 1 aromatic carbocycles. The van der Waals surface area contributed by atoms with Crippen LogP contribution in [0.15, 0.2) is 30.3 Å². The van der Waals surface area contributed by atoms with E-state index in [2.05, 4.69) is 19.2 Å². The van der Waals surface area contributed by atoms with Gasteiger partial charge in [0.2, 0.25) is 0 Å². The Balaban J connectivity index is 2.71. The van der Waals surface area contributed by atoms with Gasteiger partial charge in [0, 0.05) is 0 Å². The number of rotatable bonds is 5. The minimum Gasteiger partial charge on any atom is -0.480 e. The van der Waals surface area contributed by atoms with Crippen molar-refractivity contribution in [1.29, 1.82) is 0 Å². The van der Waals surface area contributed by atoms with Crippen molar-refractivity contribution in [3.8, 4) is 0 Å². The van der Waals surface area contributed by atoms with Crippen LogP contribution in [0.1, 0.15) is 25.5 Å². The van der Waals surface area contributed by atoms with E-state index in [4.69, 9.17) is 5.11 Å². The average molecular weight is 207 g/mol. The summed E-state index contributed by atoms with van der Waals surface area (Å²) in [4.78, 5) is 11.0. The summed E-state index contributed by atoms with van der Waals surface area (Å²) >= 11 is 0. The minimum atomic E-state index is -0.832. The Labute approximate surface area is 90.1 Å². The summed E-state index contributed by atoms with van der Waals surface area (Å²) in [6.07, 6.45) is 0. The van der Waals surface area contributed by atoms with Crippen molar-refractivity contribution in [3.05, 3.63) is 35.9 Å². The quantitative estimate of drug-likeness (QED) is 0.777.